The van der Waals surface area contributed by atoms with E-state index >= 15 is 0 Å². The molecular formula is C9H11O5P. The van der Waals surface area contributed by atoms with Crippen molar-refractivity contribution in [2.75, 3.05) is 6.61 Å². The zero-order valence-electron chi connectivity index (χ0n) is 7.81. The number of phosphoric ester groups is 1. The third-order valence-electron chi connectivity index (χ3n) is 2.13. The number of benzene rings is 1. The fourth-order valence-electron chi connectivity index (χ4n) is 1.43. The number of aliphatic hydroxyl groups excluding tert-OH is 1. The van der Waals surface area contributed by atoms with E-state index in [4.69, 9.17) is 9.42 Å². The summed E-state index contributed by atoms with van der Waals surface area (Å²) in [6.07, 6.45) is -1.74. The Kier molecular flexibility index (Phi) is 2.91. The van der Waals surface area contributed by atoms with Gasteiger partial charge in [-0.1, -0.05) is 30.3 Å². The number of aliphatic hydroxyl groups is 1. The lowest BCUT2D eigenvalue weighted by molar-refractivity contribution is -0.0568. The minimum absolute atomic E-state index is 0.201. The summed E-state index contributed by atoms with van der Waals surface area (Å²) in [5.41, 5.74) is 0.655. The van der Waals surface area contributed by atoms with Gasteiger partial charge in [0.15, 0.2) is 0 Å². The number of hydrogen-bond donors (Lipinski definition) is 2. The Balaban J connectivity index is 2.24. The molecule has 1 aliphatic rings. The molecule has 0 amide bonds. The third kappa shape index (κ3) is 2.45. The van der Waals surface area contributed by atoms with Gasteiger partial charge in [-0.05, 0) is 5.56 Å². The second-order valence-corrected chi connectivity index (χ2v) is 4.67. The van der Waals surface area contributed by atoms with Gasteiger partial charge in [-0.3, -0.25) is 9.05 Å². The molecule has 1 fully saturated rings. The van der Waals surface area contributed by atoms with Gasteiger partial charge in [0.1, 0.15) is 12.2 Å². The van der Waals surface area contributed by atoms with Crippen LogP contribution in [0.25, 0.3) is 0 Å². The van der Waals surface area contributed by atoms with Crippen molar-refractivity contribution in [3.63, 3.8) is 0 Å². The Morgan fingerprint density at radius 2 is 2.00 bits per heavy atom. The Hall–Kier alpha value is -0.710. The van der Waals surface area contributed by atoms with Gasteiger partial charge in [0.25, 0.3) is 0 Å². The average molecular weight is 230 g/mol. The van der Waals surface area contributed by atoms with Crippen molar-refractivity contribution < 1.29 is 23.6 Å². The highest BCUT2D eigenvalue weighted by molar-refractivity contribution is 7.47. The van der Waals surface area contributed by atoms with Gasteiger partial charge >= 0.3 is 7.82 Å². The van der Waals surface area contributed by atoms with Crippen LogP contribution in [-0.4, -0.2) is 22.7 Å². The maximum absolute atomic E-state index is 11.2. The SMILES string of the molecule is O=P1(O)OC[C@H](O)[C@H](c2ccccc2)O1. The van der Waals surface area contributed by atoms with Gasteiger partial charge in [-0.15, -0.1) is 0 Å². The van der Waals surface area contributed by atoms with Crippen LogP contribution >= 0.6 is 7.82 Å². The smallest absolute Gasteiger partial charge is 0.388 e. The maximum atomic E-state index is 11.2. The monoisotopic (exact) mass is 230 g/mol. The molecule has 3 atom stereocenters. The van der Waals surface area contributed by atoms with E-state index in [-0.39, 0.29) is 6.61 Å². The fraction of sp³-hybridized carbons (Fsp3) is 0.333. The van der Waals surface area contributed by atoms with E-state index in [0.29, 0.717) is 5.56 Å². The summed E-state index contributed by atoms with van der Waals surface area (Å²) in [4.78, 5) is 9.12. The van der Waals surface area contributed by atoms with Crippen LogP contribution in [0.1, 0.15) is 11.7 Å². The summed E-state index contributed by atoms with van der Waals surface area (Å²) in [6.45, 7) is -0.201. The first-order chi connectivity index (χ1) is 7.08. The predicted octanol–water partition coefficient (Wildman–Crippen LogP) is 1.24. The summed E-state index contributed by atoms with van der Waals surface area (Å²) < 4.78 is 20.4. The molecule has 1 heterocycles. The molecule has 0 radical (unpaired) electrons. The van der Waals surface area contributed by atoms with Crippen LogP contribution in [0.3, 0.4) is 0 Å². The van der Waals surface area contributed by atoms with Gasteiger partial charge in [0, 0.05) is 0 Å². The minimum atomic E-state index is -4.01. The Bertz CT molecular complexity index is 379. The minimum Gasteiger partial charge on any atom is -0.388 e. The molecule has 2 rings (SSSR count). The highest BCUT2D eigenvalue weighted by Gasteiger charge is 2.38. The Morgan fingerprint density at radius 1 is 1.33 bits per heavy atom. The first kappa shape index (κ1) is 10.8. The molecule has 5 nitrogen and oxygen atoms in total. The van der Waals surface area contributed by atoms with Gasteiger partial charge in [-0.25, -0.2) is 4.57 Å². The molecule has 0 saturated carbocycles. The molecule has 0 aliphatic carbocycles. The molecule has 82 valence electrons. The molecule has 0 spiro atoms. The molecule has 0 aromatic heterocycles. The van der Waals surface area contributed by atoms with Crippen molar-refractivity contribution >= 4 is 7.82 Å². The fourth-order valence-corrected chi connectivity index (χ4v) is 2.38. The molecular weight excluding hydrogens is 219 g/mol. The lowest BCUT2D eigenvalue weighted by Crippen LogP contribution is -2.30. The number of hydrogen-bond acceptors (Lipinski definition) is 4. The molecule has 15 heavy (non-hydrogen) atoms. The first-order valence-corrected chi connectivity index (χ1v) is 5.97. The molecule has 6 heteroatoms. The molecule has 2 N–H and O–H groups in total. The Morgan fingerprint density at radius 3 is 2.67 bits per heavy atom. The van der Waals surface area contributed by atoms with Crippen LogP contribution in [-0.2, 0) is 13.6 Å². The second-order valence-electron chi connectivity index (χ2n) is 3.27. The lowest BCUT2D eigenvalue weighted by atomic mass is 10.1. The van der Waals surface area contributed by atoms with E-state index in [1.54, 1.807) is 24.3 Å². The summed E-state index contributed by atoms with van der Waals surface area (Å²) >= 11 is 0. The predicted molar refractivity (Wildman–Crippen MR) is 52.1 cm³/mol. The summed E-state index contributed by atoms with van der Waals surface area (Å²) in [5, 5.41) is 9.57. The van der Waals surface area contributed by atoms with Gasteiger partial charge in [-0.2, -0.15) is 0 Å². The van der Waals surface area contributed by atoms with E-state index in [2.05, 4.69) is 4.52 Å². The summed E-state index contributed by atoms with van der Waals surface area (Å²) in [6, 6.07) is 8.79. The van der Waals surface area contributed by atoms with Crippen LogP contribution in [0.2, 0.25) is 0 Å². The van der Waals surface area contributed by atoms with E-state index in [1.165, 1.54) is 0 Å². The number of rotatable bonds is 1. The molecule has 1 saturated heterocycles. The van der Waals surface area contributed by atoms with Crippen molar-refractivity contribution in [2.45, 2.75) is 12.2 Å². The van der Waals surface area contributed by atoms with Crippen molar-refractivity contribution in [2.24, 2.45) is 0 Å². The third-order valence-corrected chi connectivity index (χ3v) is 3.10. The molecule has 1 unspecified atom stereocenters. The second kappa shape index (κ2) is 4.04. The van der Waals surface area contributed by atoms with E-state index < -0.39 is 20.0 Å². The Labute approximate surface area is 86.9 Å². The summed E-state index contributed by atoms with van der Waals surface area (Å²) in [5.74, 6) is 0. The van der Waals surface area contributed by atoms with Crippen LogP contribution < -0.4 is 0 Å². The van der Waals surface area contributed by atoms with Gasteiger partial charge < -0.3 is 10.00 Å². The van der Waals surface area contributed by atoms with E-state index in [0.717, 1.165) is 0 Å². The van der Waals surface area contributed by atoms with Crippen LogP contribution in [0.15, 0.2) is 30.3 Å². The average Bonchev–Trinajstić information content (AvgIpc) is 2.23. The zero-order valence-corrected chi connectivity index (χ0v) is 8.71. The van der Waals surface area contributed by atoms with E-state index in [9.17, 15) is 9.67 Å². The normalized spacial score (nSPS) is 36.4. The largest absolute Gasteiger partial charge is 0.472 e. The standard InChI is InChI=1S/C9H11O5P/c10-8-6-13-15(11,12)14-9(8)7-4-2-1-3-5-7/h1-5,8-10H,6H2,(H,11,12)/t8-,9-/m0/s1. The molecule has 0 bridgehead atoms. The quantitative estimate of drug-likeness (QED) is 0.710. The van der Waals surface area contributed by atoms with Crippen LogP contribution in [0.5, 0.6) is 0 Å². The van der Waals surface area contributed by atoms with Gasteiger partial charge in [0.2, 0.25) is 0 Å². The topological polar surface area (TPSA) is 76.0 Å². The van der Waals surface area contributed by atoms with Crippen LogP contribution in [0.4, 0.5) is 0 Å². The first-order valence-electron chi connectivity index (χ1n) is 4.47. The number of phosphoric acid groups is 1. The maximum Gasteiger partial charge on any atom is 0.472 e. The van der Waals surface area contributed by atoms with Crippen LogP contribution in [0, 0.1) is 0 Å². The van der Waals surface area contributed by atoms with Crippen molar-refractivity contribution in [3.8, 4) is 0 Å². The molecule has 1 aromatic rings. The zero-order chi connectivity index (χ0) is 10.9. The lowest BCUT2D eigenvalue weighted by Gasteiger charge is -2.30. The highest BCUT2D eigenvalue weighted by atomic mass is 31.2. The molecule has 1 aromatic carbocycles. The van der Waals surface area contributed by atoms with E-state index in [1.807, 2.05) is 6.07 Å². The van der Waals surface area contributed by atoms with Crippen molar-refractivity contribution in [1.29, 1.82) is 0 Å². The molecule has 1 aliphatic heterocycles. The summed E-state index contributed by atoms with van der Waals surface area (Å²) in [7, 11) is -4.01. The highest BCUT2D eigenvalue weighted by Crippen LogP contribution is 2.52. The van der Waals surface area contributed by atoms with Crippen molar-refractivity contribution in [1.82, 2.24) is 0 Å². The van der Waals surface area contributed by atoms with Crippen molar-refractivity contribution in [3.05, 3.63) is 35.9 Å². The van der Waals surface area contributed by atoms with Gasteiger partial charge in [0.05, 0.1) is 6.61 Å².